The first-order chi connectivity index (χ1) is 13.3. The van der Waals surface area contributed by atoms with E-state index in [0.717, 1.165) is 25.2 Å². The van der Waals surface area contributed by atoms with Gasteiger partial charge >= 0.3 is 11.9 Å². The van der Waals surface area contributed by atoms with E-state index in [-0.39, 0.29) is 29.6 Å². The van der Waals surface area contributed by atoms with Crippen LogP contribution in [0.25, 0.3) is 0 Å². The number of hydrogen-bond donors (Lipinski definition) is 0. The van der Waals surface area contributed by atoms with Gasteiger partial charge in [0.25, 0.3) is 0 Å². The van der Waals surface area contributed by atoms with Gasteiger partial charge in [-0.05, 0) is 68.1 Å². The summed E-state index contributed by atoms with van der Waals surface area (Å²) in [6.45, 7) is 6.18. The summed E-state index contributed by atoms with van der Waals surface area (Å²) in [5.74, 6) is 1.54. The fourth-order valence-electron chi connectivity index (χ4n) is 8.51. The standard InChI is InChI=1S/C23H34O5/c1-14(24)27-16-6-10-22-13-26-20(23(22,12-16)28-15(2)25)11-17-18-5-4-8-21(18,3)9-7-19(17)22/h16-20H,4-13H2,1-3H3/t16-,17-,18-,19-,20+,21-,22-,23-/m0/s1. The molecule has 5 nitrogen and oxygen atoms in total. The van der Waals surface area contributed by atoms with Crippen molar-refractivity contribution in [2.24, 2.45) is 28.6 Å². The summed E-state index contributed by atoms with van der Waals surface area (Å²) in [5.41, 5.74) is -0.231. The van der Waals surface area contributed by atoms with Gasteiger partial charge in [0.2, 0.25) is 0 Å². The van der Waals surface area contributed by atoms with E-state index in [2.05, 4.69) is 6.92 Å². The Morgan fingerprint density at radius 3 is 2.57 bits per heavy atom. The van der Waals surface area contributed by atoms with Gasteiger partial charge in [0.15, 0.2) is 0 Å². The first-order valence-electron chi connectivity index (χ1n) is 11.3. The van der Waals surface area contributed by atoms with Crippen LogP contribution in [-0.4, -0.2) is 36.4 Å². The molecular formula is C23H34O5. The zero-order valence-corrected chi connectivity index (χ0v) is 17.5. The van der Waals surface area contributed by atoms with Crippen molar-refractivity contribution in [1.29, 1.82) is 0 Å². The Morgan fingerprint density at radius 2 is 1.82 bits per heavy atom. The molecule has 28 heavy (non-hydrogen) atoms. The van der Waals surface area contributed by atoms with Crippen LogP contribution < -0.4 is 0 Å². The van der Waals surface area contributed by atoms with Gasteiger partial charge in [-0.3, -0.25) is 9.59 Å². The topological polar surface area (TPSA) is 61.8 Å². The number of fused-ring (bicyclic) bond motifs is 3. The van der Waals surface area contributed by atoms with Gasteiger partial charge in [-0.2, -0.15) is 0 Å². The molecule has 5 aliphatic rings. The summed E-state index contributed by atoms with van der Waals surface area (Å²) in [5, 5.41) is 0. The van der Waals surface area contributed by atoms with Crippen molar-refractivity contribution in [2.45, 2.75) is 96.4 Å². The van der Waals surface area contributed by atoms with Crippen LogP contribution >= 0.6 is 0 Å². The minimum absolute atomic E-state index is 0.0565. The minimum atomic E-state index is -0.620. The molecule has 1 saturated heterocycles. The number of hydrogen-bond acceptors (Lipinski definition) is 5. The normalized spacial score (nSPS) is 51.6. The average molecular weight is 391 g/mol. The van der Waals surface area contributed by atoms with Crippen molar-refractivity contribution in [1.82, 2.24) is 0 Å². The van der Waals surface area contributed by atoms with Crippen LogP contribution in [0.15, 0.2) is 0 Å². The van der Waals surface area contributed by atoms with Crippen molar-refractivity contribution in [3.8, 4) is 0 Å². The van der Waals surface area contributed by atoms with Gasteiger partial charge < -0.3 is 14.2 Å². The maximum absolute atomic E-state index is 12.2. The molecule has 5 heteroatoms. The van der Waals surface area contributed by atoms with Gasteiger partial charge in [0.1, 0.15) is 11.7 Å². The molecular weight excluding hydrogens is 356 g/mol. The molecule has 8 atom stereocenters. The Hall–Kier alpha value is -1.10. The number of rotatable bonds is 2. The third kappa shape index (κ3) is 2.41. The van der Waals surface area contributed by atoms with Crippen LogP contribution in [0.5, 0.6) is 0 Å². The van der Waals surface area contributed by atoms with Crippen LogP contribution in [0.1, 0.15) is 78.6 Å². The Morgan fingerprint density at radius 1 is 1.00 bits per heavy atom. The second-order valence-corrected chi connectivity index (χ2v) is 10.6. The Bertz CT molecular complexity index is 690. The smallest absolute Gasteiger partial charge is 0.303 e. The van der Waals surface area contributed by atoms with Crippen LogP contribution in [0.3, 0.4) is 0 Å². The molecule has 2 bridgehead atoms. The molecule has 4 saturated carbocycles. The number of carbonyl (C=O) groups excluding carboxylic acids is 2. The summed E-state index contributed by atoms with van der Waals surface area (Å²) >= 11 is 0. The summed E-state index contributed by atoms with van der Waals surface area (Å²) < 4.78 is 18.2. The second kappa shape index (κ2) is 6.20. The highest BCUT2D eigenvalue weighted by Gasteiger charge is 2.74. The highest BCUT2D eigenvalue weighted by molar-refractivity contribution is 5.67. The zero-order valence-electron chi connectivity index (χ0n) is 17.5. The largest absolute Gasteiger partial charge is 0.462 e. The van der Waals surface area contributed by atoms with E-state index in [1.54, 1.807) is 0 Å². The second-order valence-electron chi connectivity index (χ2n) is 10.6. The maximum atomic E-state index is 12.2. The molecule has 0 amide bonds. The molecule has 1 aliphatic heterocycles. The highest BCUT2D eigenvalue weighted by atomic mass is 16.6. The molecule has 0 aromatic carbocycles. The minimum Gasteiger partial charge on any atom is -0.462 e. The van der Waals surface area contributed by atoms with Gasteiger partial charge in [-0.15, -0.1) is 0 Å². The lowest BCUT2D eigenvalue weighted by molar-refractivity contribution is -0.234. The monoisotopic (exact) mass is 390 g/mol. The van der Waals surface area contributed by atoms with E-state index in [9.17, 15) is 9.59 Å². The van der Waals surface area contributed by atoms with E-state index < -0.39 is 5.60 Å². The molecule has 1 heterocycles. The number of carbonyl (C=O) groups is 2. The summed E-state index contributed by atoms with van der Waals surface area (Å²) in [6.07, 6.45) is 9.71. The first-order valence-corrected chi connectivity index (χ1v) is 11.3. The average Bonchev–Trinajstić information content (AvgIpc) is 3.08. The molecule has 0 aromatic rings. The van der Waals surface area contributed by atoms with Gasteiger partial charge in [-0.25, -0.2) is 0 Å². The SMILES string of the molecule is CC(=O)O[C@H]1CC[C@]23CO[C@H](C[C@H]4[C@@H]5CCC[C@@]5(C)CC[C@@H]42)[C@@]3(OC(C)=O)C1. The maximum Gasteiger partial charge on any atom is 0.303 e. The fourth-order valence-corrected chi connectivity index (χ4v) is 8.51. The van der Waals surface area contributed by atoms with Crippen molar-refractivity contribution >= 4 is 11.9 Å². The lowest BCUT2D eigenvalue weighted by Gasteiger charge is -2.62. The van der Waals surface area contributed by atoms with Crippen molar-refractivity contribution < 1.29 is 23.8 Å². The van der Waals surface area contributed by atoms with Gasteiger partial charge in [0, 0.05) is 25.7 Å². The Balaban J connectivity index is 1.53. The lowest BCUT2D eigenvalue weighted by atomic mass is 9.43. The summed E-state index contributed by atoms with van der Waals surface area (Å²) in [6, 6.07) is 0. The molecule has 156 valence electrons. The van der Waals surface area contributed by atoms with Gasteiger partial charge in [0.05, 0.1) is 12.7 Å². The van der Waals surface area contributed by atoms with Crippen molar-refractivity contribution in [3.05, 3.63) is 0 Å². The van der Waals surface area contributed by atoms with Crippen molar-refractivity contribution in [2.75, 3.05) is 6.61 Å². The van der Waals surface area contributed by atoms with Crippen LogP contribution in [0, 0.1) is 28.6 Å². The number of esters is 2. The van der Waals surface area contributed by atoms with Crippen LogP contribution in [0.2, 0.25) is 0 Å². The zero-order chi connectivity index (χ0) is 19.7. The predicted molar refractivity (Wildman–Crippen MR) is 102 cm³/mol. The molecule has 5 rings (SSSR count). The molecule has 0 aromatic heterocycles. The van der Waals surface area contributed by atoms with E-state index in [0.29, 0.717) is 30.3 Å². The third-order valence-electron chi connectivity index (χ3n) is 9.42. The first kappa shape index (κ1) is 18.9. The fraction of sp³-hybridized carbons (Fsp3) is 0.913. The summed E-state index contributed by atoms with van der Waals surface area (Å²) in [7, 11) is 0. The molecule has 0 spiro atoms. The van der Waals surface area contributed by atoms with Gasteiger partial charge in [-0.1, -0.05) is 13.3 Å². The molecule has 4 aliphatic carbocycles. The third-order valence-corrected chi connectivity index (χ3v) is 9.42. The van der Waals surface area contributed by atoms with Crippen molar-refractivity contribution in [3.63, 3.8) is 0 Å². The van der Waals surface area contributed by atoms with E-state index in [1.807, 2.05) is 0 Å². The predicted octanol–water partition coefficient (Wildman–Crippen LogP) is 4.03. The van der Waals surface area contributed by atoms with E-state index in [4.69, 9.17) is 14.2 Å². The molecule has 5 fully saturated rings. The van der Waals surface area contributed by atoms with Crippen LogP contribution in [-0.2, 0) is 23.8 Å². The lowest BCUT2D eigenvalue weighted by Crippen LogP contribution is -2.67. The van der Waals surface area contributed by atoms with E-state index in [1.165, 1.54) is 46.0 Å². The highest BCUT2D eigenvalue weighted by Crippen LogP contribution is 2.71. The summed E-state index contributed by atoms with van der Waals surface area (Å²) in [4.78, 5) is 23.8. The van der Waals surface area contributed by atoms with E-state index >= 15 is 0 Å². The molecule has 0 N–H and O–H groups in total. The number of ether oxygens (including phenoxy) is 3. The quantitative estimate of drug-likeness (QED) is 0.666. The molecule has 0 unspecified atom stereocenters. The Labute approximate surface area is 167 Å². The Kier molecular flexibility index (Phi) is 4.18. The van der Waals surface area contributed by atoms with Crippen LogP contribution in [0.4, 0.5) is 0 Å². The molecule has 0 radical (unpaired) electrons.